The Kier molecular flexibility index (Phi) is 5.23. The zero-order valence-corrected chi connectivity index (χ0v) is 13.3. The maximum Gasteiger partial charge on any atom is 0.221 e. The Morgan fingerprint density at radius 3 is 2.43 bits per heavy atom. The highest BCUT2D eigenvalue weighted by Gasteiger charge is 2.15. The lowest BCUT2D eigenvalue weighted by Crippen LogP contribution is -2.04. The van der Waals surface area contributed by atoms with Crippen molar-refractivity contribution in [1.29, 1.82) is 0 Å². The van der Waals surface area contributed by atoms with Crippen molar-refractivity contribution in [2.45, 2.75) is 6.92 Å². The van der Waals surface area contributed by atoms with E-state index in [9.17, 15) is 18.4 Å². The van der Waals surface area contributed by atoms with E-state index in [2.05, 4.69) is 4.98 Å². The molecular formula is C16H9Cl2F2NO2. The number of allylic oxidation sites excluding steroid dienone is 1. The molecule has 0 saturated heterocycles. The van der Waals surface area contributed by atoms with Gasteiger partial charge in [-0.3, -0.25) is 9.59 Å². The van der Waals surface area contributed by atoms with Gasteiger partial charge in [0.15, 0.2) is 5.78 Å². The van der Waals surface area contributed by atoms with Crippen molar-refractivity contribution in [2.75, 3.05) is 0 Å². The van der Waals surface area contributed by atoms with Crippen molar-refractivity contribution >= 4 is 40.8 Å². The number of rotatable bonds is 4. The van der Waals surface area contributed by atoms with E-state index < -0.39 is 23.2 Å². The van der Waals surface area contributed by atoms with Crippen LogP contribution in [0.4, 0.5) is 8.78 Å². The summed E-state index contributed by atoms with van der Waals surface area (Å²) in [7, 11) is 0. The average Bonchev–Trinajstić information content (AvgIpc) is 2.45. The number of pyridine rings is 1. The number of hydrogen-bond acceptors (Lipinski definition) is 3. The third-order valence-electron chi connectivity index (χ3n) is 2.95. The molecule has 0 spiro atoms. The third kappa shape index (κ3) is 4.00. The van der Waals surface area contributed by atoms with Gasteiger partial charge in [-0.1, -0.05) is 23.2 Å². The lowest BCUT2D eigenvalue weighted by molar-refractivity contribution is -0.132. The molecule has 7 heteroatoms. The molecule has 0 saturated carbocycles. The minimum absolute atomic E-state index is 0.00349. The molecule has 1 aromatic heterocycles. The number of halogens is 4. The first kappa shape index (κ1) is 17.2. The number of carbonyl (C=O) groups excluding carboxylic acids is 2. The summed E-state index contributed by atoms with van der Waals surface area (Å²) < 4.78 is 27.1. The molecule has 0 bridgehead atoms. The minimum atomic E-state index is -0.823. The summed E-state index contributed by atoms with van der Waals surface area (Å²) in [6.45, 7) is 1.12. The minimum Gasteiger partial charge on any atom is -0.291 e. The van der Waals surface area contributed by atoms with E-state index in [0.29, 0.717) is 6.07 Å². The molecule has 3 nitrogen and oxygen atoms in total. The molecule has 0 aliphatic rings. The monoisotopic (exact) mass is 355 g/mol. The normalized spacial score (nSPS) is 11.0. The van der Waals surface area contributed by atoms with Crippen LogP contribution in [0.25, 0.3) is 17.2 Å². The van der Waals surface area contributed by atoms with Crippen LogP contribution in [-0.2, 0) is 9.59 Å². The second-order valence-corrected chi connectivity index (χ2v) is 5.32. The first-order valence-electron chi connectivity index (χ1n) is 6.34. The third-order valence-corrected chi connectivity index (χ3v) is 3.43. The molecule has 2 rings (SSSR count). The number of benzene rings is 1. The van der Waals surface area contributed by atoms with E-state index >= 15 is 0 Å². The summed E-state index contributed by atoms with van der Waals surface area (Å²) in [4.78, 5) is 26.2. The van der Waals surface area contributed by atoms with Crippen molar-refractivity contribution < 1.29 is 18.4 Å². The Bertz CT molecular complexity index is 835. The van der Waals surface area contributed by atoms with Gasteiger partial charge in [-0.15, -0.1) is 0 Å². The van der Waals surface area contributed by atoms with E-state index in [0.717, 1.165) is 19.1 Å². The molecule has 23 heavy (non-hydrogen) atoms. The summed E-state index contributed by atoms with van der Waals surface area (Å²) in [6, 6.07) is 4.35. The molecule has 0 aliphatic heterocycles. The predicted molar refractivity (Wildman–Crippen MR) is 84.3 cm³/mol. The first-order chi connectivity index (χ1) is 10.8. The largest absolute Gasteiger partial charge is 0.291 e. The van der Waals surface area contributed by atoms with Gasteiger partial charge in [-0.05, 0) is 35.9 Å². The quantitative estimate of drug-likeness (QED) is 0.460. The van der Waals surface area contributed by atoms with Gasteiger partial charge in [0.2, 0.25) is 5.78 Å². The van der Waals surface area contributed by atoms with Crippen LogP contribution in [0.2, 0.25) is 10.3 Å². The zero-order valence-electron chi connectivity index (χ0n) is 11.7. The van der Waals surface area contributed by atoms with Gasteiger partial charge in [0.1, 0.15) is 21.9 Å². The maximum absolute atomic E-state index is 14.0. The standard InChI is InChI=1S/C16H9Cl2F2NO2/c1-8(22)14(23)5-4-11-12(7-15(17)21-16(11)18)10-3-2-9(19)6-13(10)20/h2-7H,1H3/b5-4+. The van der Waals surface area contributed by atoms with Crippen LogP contribution in [0.3, 0.4) is 0 Å². The van der Waals surface area contributed by atoms with E-state index in [4.69, 9.17) is 23.2 Å². The molecule has 0 fully saturated rings. The molecule has 118 valence electrons. The van der Waals surface area contributed by atoms with Gasteiger partial charge in [0, 0.05) is 24.1 Å². The lowest BCUT2D eigenvalue weighted by Gasteiger charge is -2.10. The molecular weight excluding hydrogens is 347 g/mol. The molecule has 1 aromatic carbocycles. The van der Waals surface area contributed by atoms with E-state index in [1.54, 1.807) is 0 Å². The van der Waals surface area contributed by atoms with Crippen LogP contribution < -0.4 is 0 Å². The molecule has 0 unspecified atom stereocenters. The summed E-state index contributed by atoms with van der Waals surface area (Å²) in [5.41, 5.74) is 0.448. The summed E-state index contributed by atoms with van der Waals surface area (Å²) in [5.74, 6) is -2.97. The van der Waals surface area contributed by atoms with Gasteiger partial charge >= 0.3 is 0 Å². The second kappa shape index (κ2) is 6.98. The number of Topliss-reactive ketones (excluding diaryl/α,β-unsaturated/α-hetero) is 1. The van der Waals surface area contributed by atoms with Crippen LogP contribution in [0.5, 0.6) is 0 Å². The zero-order chi connectivity index (χ0) is 17.1. The SMILES string of the molecule is CC(=O)C(=O)/C=C/c1c(-c2ccc(F)cc2F)cc(Cl)nc1Cl. The first-order valence-corrected chi connectivity index (χ1v) is 7.09. The topological polar surface area (TPSA) is 47.0 Å². The van der Waals surface area contributed by atoms with Crippen LogP contribution >= 0.6 is 23.2 Å². The molecule has 2 aromatic rings. The fourth-order valence-electron chi connectivity index (χ4n) is 1.86. The summed E-state index contributed by atoms with van der Waals surface area (Å²) in [6.07, 6.45) is 2.25. The Balaban J connectivity index is 2.63. The highest BCUT2D eigenvalue weighted by atomic mass is 35.5. The van der Waals surface area contributed by atoms with Crippen LogP contribution in [0.1, 0.15) is 12.5 Å². The predicted octanol–water partition coefficient (Wildman–Crippen LogP) is 4.50. The fraction of sp³-hybridized carbons (Fsp3) is 0.0625. The van der Waals surface area contributed by atoms with Crippen molar-refractivity contribution in [3.05, 3.63) is 57.8 Å². The van der Waals surface area contributed by atoms with Gasteiger partial charge in [0.25, 0.3) is 0 Å². The Hall–Kier alpha value is -2.11. The van der Waals surface area contributed by atoms with Crippen molar-refractivity contribution in [3.8, 4) is 11.1 Å². The molecule has 0 amide bonds. The molecule has 1 heterocycles. The molecule has 0 N–H and O–H groups in total. The number of nitrogens with zero attached hydrogens (tertiary/aromatic N) is 1. The van der Waals surface area contributed by atoms with Crippen LogP contribution in [0, 0.1) is 11.6 Å². The maximum atomic E-state index is 14.0. The molecule has 0 aliphatic carbocycles. The van der Waals surface area contributed by atoms with Crippen molar-refractivity contribution in [2.24, 2.45) is 0 Å². The average molecular weight is 356 g/mol. The van der Waals surface area contributed by atoms with E-state index in [1.165, 1.54) is 18.2 Å². The van der Waals surface area contributed by atoms with E-state index in [-0.39, 0.29) is 27.0 Å². The van der Waals surface area contributed by atoms with Gasteiger partial charge in [-0.25, -0.2) is 13.8 Å². The summed E-state index contributed by atoms with van der Waals surface area (Å²) >= 11 is 11.8. The Morgan fingerprint density at radius 2 is 1.83 bits per heavy atom. The highest BCUT2D eigenvalue weighted by Crippen LogP contribution is 2.33. The van der Waals surface area contributed by atoms with Gasteiger partial charge in [-0.2, -0.15) is 0 Å². The smallest absolute Gasteiger partial charge is 0.221 e. The van der Waals surface area contributed by atoms with Crippen molar-refractivity contribution in [1.82, 2.24) is 4.98 Å². The molecule has 0 atom stereocenters. The Morgan fingerprint density at radius 1 is 1.13 bits per heavy atom. The number of carbonyl (C=O) groups is 2. The fourth-order valence-corrected chi connectivity index (χ4v) is 2.35. The van der Waals surface area contributed by atoms with Crippen LogP contribution in [-0.4, -0.2) is 16.6 Å². The molecule has 0 radical (unpaired) electrons. The number of aromatic nitrogens is 1. The van der Waals surface area contributed by atoms with Crippen LogP contribution in [0.15, 0.2) is 30.3 Å². The summed E-state index contributed by atoms with van der Waals surface area (Å²) in [5, 5.41) is -0.0763. The van der Waals surface area contributed by atoms with Crippen molar-refractivity contribution in [3.63, 3.8) is 0 Å². The number of hydrogen-bond donors (Lipinski definition) is 0. The van der Waals surface area contributed by atoms with Gasteiger partial charge < -0.3 is 0 Å². The number of ketones is 2. The Labute approximate surface area is 140 Å². The second-order valence-electron chi connectivity index (χ2n) is 4.57. The lowest BCUT2D eigenvalue weighted by atomic mass is 10.0. The van der Waals surface area contributed by atoms with Gasteiger partial charge in [0.05, 0.1) is 0 Å². The highest BCUT2D eigenvalue weighted by molar-refractivity contribution is 6.41. The van der Waals surface area contributed by atoms with E-state index in [1.807, 2.05) is 0 Å².